The molecule has 0 radical (unpaired) electrons. The van der Waals surface area contributed by atoms with Crippen molar-refractivity contribution in [2.45, 2.75) is 31.9 Å². The summed E-state index contributed by atoms with van der Waals surface area (Å²) in [5.41, 5.74) is 1.01. The summed E-state index contributed by atoms with van der Waals surface area (Å²) in [6, 6.07) is 6.57. The van der Waals surface area contributed by atoms with Crippen LogP contribution in [0.15, 0.2) is 18.2 Å². The average Bonchev–Trinajstić information content (AvgIpc) is 2.25. The van der Waals surface area contributed by atoms with Crippen molar-refractivity contribution in [3.8, 4) is 6.07 Å². The molecule has 0 amide bonds. The van der Waals surface area contributed by atoms with Crippen LogP contribution in [0.1, 0.15) is 25.3 Å². The van der Waals surface area contributed by atoms with Gasteiger partial charge < -0.3 is 10.1 Å². The molecule has 0 atom stereocenters. The molecule has 0 aromatic heterocycles. The lowest BCUT2D eigenvalue weighted by Gasteiger charge is -2.36. The molecule has 1 aliphatic rings. The fourth-order valence-corrected chi connectivity index (χ4v) is 2.03. The first-order chi connectivity index (χ1) is 8.21. The fourth-order valence-electron chi connectivity index (χ4n) is 2.03. The molecule has 1 aliphatic carbocycles. The van der Waals surface area contributed by atoms with Gasteiger partial charge in [0.15, 0.2) is 0 Å². The zero-order valence-corrected chi connectivity index (χ0v) is 9.74. The summed E-state index contributed by atoms with van der Waals surface area (Å²) in [5, 5.41) is 12.0. The molecule has 4 heteroatoms. The molecule has 1 N–H and O–H groups in total. The molecule has 2 rings (SSSR count). The van der Waals surface area contributed by atoms with Crippen LogP contribution < -0.4 is 5.32 Å². The molecule has 1 fully saturated rings. The number of nitriles is 1. The lowest BCUT2D eigenvalue weighted by atomic mass is 9.89. The molecule has 0 spiro atoms. The highest BCUT2D eigenvalue weighted by Crippen LogP contribution is 2.27. The maximum atomic E-state index is 13.2. The number of nitrogens with one attached hydrogen (secondary N) is 1. The predicted octanol–water partition coefficient (Wildman–Crippen LogP) is 2.68. The highest BCUT2D eigenvalue weighted by molar-refractivity contribution is 5.50. The Morgan fingerprint density at radius 1 is 1.47 bits per heavy atom. The molecule has 0 aliphatic heterocycles. The molecule has 3 nitrogen and oxygen atoms in total. The number of anilines is 1. The van der Waals surface area contributed by atoms with E-state index < -0.39 is 0 Å². The van der Waals surface area contributed by atoms with Crippen LogP contribution >= 0.6 is 0 Å². The van der Waals surface area contributed by atoms with Gasteiger partial charge in [-0.25, -0.2) is 4.39 Å². The zero-order chi connectivity index (χ0) is 12.3. The van der Waals surface area contributed by atoms with Crippen LogP contribution in [0.2, 0.25) is 0 Å². The maximum Gasteiger partial charge on any atom is 0.126 e. The van der Waals surface area contributed by atoms with Crippen LogP contribution in [0.3, 0.4) is 0 Å². The largest absolute Gasteiger partial charge is 0.382 e. The SMILES string of the molecule is CCOC1CC(Nc2cc(F)cc(C#N)c2)C1. The molecule has 0 unspecified atom stereocenters. The number of hydrogen-bond acceptors (Lipinski definition) is 3. The lowest BCUT2D eigenvalue weighted by Crippen LogP contribution is -2.40. The van der Waals surface area contributed by atoms with Crippen molar-refractivity contribution in [3.63, 3.8) is 0 Å². The van der Waals surface area contributed by atoms with Gasteiger partial charge in [0.2, 0.25) is 0 Å². The fraction of sp³-hybridized carbons (Fsp3) is 0.462. The Morgan fingerprint density at radius 2 is 2.24 bits per heavy atom. The van der Waals surface area contributed by atoms with E-state index in [1.807, 2.05) is 13.0 Å². The van der Waals surface area contributed by atoms with E-state index in [1.54, 1.807) is 6.07 Å². The van der Waals surface area contributed by atoms with Crippen LogP contribution in [0, 0.1) is 17.1 Å². The van der Waals surface area contributed by atoms with E-state index in [1.165, 1.54) is 12.1 Å². The minimum absolute atomic E-state index is 0.319. The van der Waals surface area contributed by atoms with Crippen molar-refractivity contribution >= 4 is 5.69 Å². The second kappa shape index (κ2) is 5.15. The van der Waals surface area contributed by atoms with Gasteiger partial charge in [0, 0.05) is 18.3 Å². The molecule has 0 saturated heterocycles. The molecule has 0 heterocycles. The van der Waals surface area contributed by atoms with Gasteiger partial charge in [0.05, 0.1) is 17.7 Å². The Hall–Kier alpha value is -1.60. The summed E-state index contributed by atoms with van der Waals surface area (Å²) in [6.07, 6.45) is 2.19. The van der Waals surface area contributed by atoms with Gasteiger partial charge in [-0.1, -0.05) is 0 Å². The molecule has 1 aromatic carbocycles. The monoisotopic (exact) mass is 234 g/mol. The van der Waals surface area contributed by atoms with E-state index in [0.29, 0.717) is 23.4 Å². The van der Waals surface area contributed by atoms with E-state index in [9.17, 15) is 4.39 Å². The average molecular weight is 234 g/mol. The minimum Gasteiger partial charge on any atom is -0.382 e. The quantitative estimate of drug-likeness (QED) is 0.871. The number of halogens is 1. The summed E-state index contributed by atoms with van der Waals surface area (Å²) >= 11 is 0. The van der Waals surface area contributed by atoms with Gasteiger partial charge in [-0.15, -0.1) is 0 Å². The first-order valence-electron chi connectivity index (χ1n) is 5.80. The Labute approximate surface area is 100 Å². The summed E-state index contributed by atoms with van der Waals surface area (Å²) in [6.45, 7) is 2.71. The van der Waals surface area contributed by atoms with Crippen molar-refractivity contribution in [2.24, 2.45) is 0 Å². The van der Waals surface area contributed by atoms with E-state index in [2.05, 4.69) is 5.32 Å². The normalized spacial score (nSPS) is 22.6. The van der Waals surface area contributed by atoms with Gasteiger partial charge in [-0.2, -0.15) is 5.26 Å². The van der Waals surface area contributed by atoms with Crippen molar-refractivity contribution < 1.29 is 9.13 Å². The highest BCUT2D eigenvalue weighted by atomic mass is 19.1. The number of hydrogen-bond donors (Lipinski definition) is 1. The number of ether oxygens (including phenoxy) is 1. The van der Waals surface area contributed by atoms with Gasteiger partial charge in [0.1, 0.15) is 5.82 Å². The van der Waals surface area contributed by atoms with Crippen LogP contribution in [-0.2, 0) is 4.74 Å². The van der Waals surface area contributed by atoms with Crippen molar-refractivity contribution in [2.75, 3.05) is 11.9 Å². The smallest absolute Gasteiger partial charge is 0.126 e. The first-order valence-corrected chi connectivity index (χ1v) is 5.80. The van der Waals surface area contributed by atoms with Crippen molar-refractivity contribution in [1.82, 2.24) is 0 Å². The Balaban J connectivity index is 1.92. The van der Waals surface area contributed by atoms with E-state index >= 15 is 0 Å². The predicted molar refractivity (Wildman–Crippen MR) is 63.2 cm³/mol. The summed E-state index contributed by atoms with van der Waals surface area (Å²) in [4.78, 5) is 0. The van der Waals surface area contributed by atoms with Crippen LogP contribution in [0.25, 0.3) is 0 Å². The number of rotatable bonds is 4. The zero-order valence-electron chi connectivity index (χ0n) is 9.74. The van der Waals surface area contributed by atoms with Crippen LogP contribution in [0.4, 0.5) is 10.1 Å². The number of nitrogens with zero attached hydrogens (tertiary/aromatic N) is 1. The summed E-state index contributed by atoms with van der Waals surface area (Å²) in [5.74, 6) is -0.382. The van der Waals surface area contributed by atoms with Gasteiger partial charge in [0.25, 0.3) is 0 Å². The molecule has 17 heavy (non-hydrogen) atoms. The number of benzene rings is 1. The minimum atomic E-state index is -0.382. The highest BCUT2D eigenvalue weighted by Gasteiger charge is 2.29. The van der Waals surface area contributed by atoms with Crippen LogP contribution in [-0.4, -0.2) is 18.8 Å². The van der Waals surface area contributed by atoms with Crippen LogP contribution in [0.5, 0.6) is 0 Å². The molecule has 1 saturated carbocycles. The van der Waals surface area contributed by atoms with Gasteiger partial charge in [-0.05, 0) is 38.0 Å². The third kappa shape index (κ3) is 2.95. The third-order valence-electron chi connectivity index (χ3n) is 2.89. The molecule has 0 bridgehead atoms. The Morgan fingerprint density at radius 3 is 2.88 bits per heavy atom. The Kier molecular flexibility index (Phi) is 3.60. The standard InChI is InChI=1S/C13H15FN2O/c1-2-17-13-6-12(7-13)16-11-4-9(8-15)3-10(14)5-11/h3-5,12-13,16H,2,6-7H2,1H3. The topological polar surface area (TPSA) is 45.0 Å². The molecular formula is C13H15FN2O. The molecule has 90 valence electrons. The second-order valence-corrected chi connectivity index (χ2v) is 4.23. The second-order valence-electron chi connectivity index (χ2n) is 4.23. The van der Waals surface area contributed by atoms with Gasteiger partial charge in [-0.3, -0.25) is 0 Å². The first kappa shape index (κ1) is 11.9. The maximum absolute atomic E-state index is 13.2. The van der Waals surface area contributed by atoms with E-state index in [4.69, 9.17) is 10.00 Å². The molecular weight excluding hydrogens is 219 g/mol. The summed E-state index contributed by atoms with van der Waals surface area (Å²) < 4.78 is 18.6. The van der Waals surface area contributed by atoms with Crippen molar-refractivity contribution in [3.05, 3.63) is 29.6 Å². The lowest BCUT2D eigenvalue weighted by molar-refractivity contribution is 0.00299. The van der Waals surface area contributed by atoms with Crippen molar-refractivity contribution in [1.29, 1.82) is 5.26 Å². The van der Waals surface area contributed by atoms with E-state index in [-0.39, 0.29) is 5.82 Å². The molecule has 1 aromatic rings. The van der Waals surface area contributed by atoms with E-state index in [0.717, 1.165) is 19.4 Å². The Bertz CT molecular complexity index is 436. The summed E-state index contributed by atoms with van der Waals surface area (Å²) in [7, 11) is 0. The third-order valence-corrected chi connectivity index (χ3v) is 2.89. The van der Waals surface area contributed by atoms with Gasteiger partial charge >= 0.3 is 0 Å².